The predicted molar refractivity (Wildman–Crippen MR) is 81.9 cm³/mol. The van der Waals surface area contributed by atoms with Crippen molar-refractivity contribution in [2.24, 2.45) is 5.92 Å². The van der Waals surface area contributed by atoms with Crippen LogP contribution in [-0.4, -0.2) is 41.9 Å². The first-order chi connectivity index (χ1) is 11.3. The number of aliphatic hydroxyl groups is 1. The molecule has 5 nitrogen and oxygen atoms in total. The van der Waals surface area contributed by atoms with E-state index in [2.05, 4.69) is 10.3 Å². The Balaban J connectivity index is 2.29. The highest BCUT2D eigenvalue weighted by Crippen LogP contribution is 2.27. The zero-order chi connectivity index (χ0) is 17.7. The predicted octanol–water partition coefficient (Wildman–Crippen LogP) is 2.53. The summed E-state index contributed by atoms with van der Waals surface area (Å²) in [5, 5.41) is 11.9. The summed E-state index contributed by atoms with van der Waals surface area (Å²) < 4.78 is 42.1. The first-order valence-corrected chi connectivity index (χ1v) is 7.28. The molecule has 24 heavy (non-hydrogen) atoms. The lowest BCUT2D eigenvalue weighted by Crippen LogP contribution is -2.30. The van der Waals surface area contributed by atoms with Crippen molar-refractivity contribution >= 4 is 16.8 Å². The highest BCUT2D eigenvalue weighted by atomic mass is 19.4. The van der Waals surface area contributed by atoms with Gasteiger partial charge in [-0.15, -0.1) is 0 Å². The molecule has 1 aromatic carbocycles. The maximum absolute atomic E-state index is 12.4. The van der Waals surface area contributed by atoms with E-state index < -0.39 is 18.7 Å². The summed E-state index contributed by atoms with van der Waals surface area (Å²) in [6, 6.07) is 7.66. The Bertz CT molecular complexity index is 719. The smallest absolute Gasteiger partial charge is 0.422 e. The minimum Gasteiger partial charge on any atom is -0.483 e. The molecule has 0 aliphatic heterocycles. The molecule has 2 aromatic rings. The topological polar surface area (TPSA) is 71.5 Å². The number of hydrogen-bond acceptors (Lipinski definition) is 4. The molecule has 0 aliphatic rings. The van der Waals surface area contributed by atoms with Gasteiger partial charge in [-0.3, -0.25) is 4.79 Å². The fourth-order valence-corrected chi connectivity index (χ4v) is 1.96. The summed E-state index contributed by atoms with van der Waals surface area (Å²) in [6.07, 6.45) is -4.48. The number of nitrogens with zero attached hydrogens (tertiary/aromatic N) is 1. The van der Waals surface area contributed by atoms with Gasteiger partial charge in [-0.1, -0.05) is 19.1 Å². The van der Waals surface area contributed by atoms with Crippen LogP contribution in [0.2, 0.25) is 0 Å². The van der Waals surface area contributed by atoms with E-state index in [0.29, 0.717) is 10.9 Å². The Morgan fingerprint density at radius 3 is 2.75 bits per heavy atom. The van der Waals surface area contributed by atoms with Crippen molar-refractivity contribution < 1.29 is 27.8 Å². The van der Waals surface area contributed by atoms with E-state index in [1.165, 1.54) is 6.07 Å². The number of aromatic nitrogens is 1. The molecule has 0 radical (unpaired) electrons. The summed E-state index contributed by atoms with van der Waals surface area (Å²) in [4.78, 5) is 16.3. The molecule has 0 fully saturated rings. The van der Waals surface area contributed by atoms with Crippen molar-refractivity contribution in [3.05, 3.63) is 36.0 Å². The van der Waals surface area contributed by atoms with Gasteiger partial charge in [0.2, 0.25) is 0 Å². The summed E-state index contributed by atoms with van der Waals surface area (Å²) in [5.74, 6) is -0.744. The fourth-order valence-electron chi connectivity index (χ4n) is 1.96. The van der Waals surface area contributed by atoms with Crippen LogP contribution in [0.3, 0.4) is 0 Å². The van der Waals surface area contributed by atoms with E-state index in [0.717, 1.165) is 0 Å². The van der Waals surface area contributed by atoms with E-state index in [4.69, 9.17) is 9.84 Å². The van der Waals surface area contributed by atoms with E-state index >= 15 is 0 Å². The van der Waals surface area contributed by atoms with Crippen LogP contribution in [0.25, 0.3) is 10.9 Å². The highest BCUT2D eigenvalue weighted by Gasteiger charge is 2.29. The largest absolute Gasteiger partial charge is 0.483 e. The van der Waals surface area contributed by atoms with Crippen molar-refractivity contribution in [2.45, 2.75) is 13.1 Å². The van der Waals surface area contributed by atoms with Crippen molar-refractivity contribution in [3.8, 4) is 5.75 Å². The van der Waals surface area contributed by atoms with Crippen LogP contribution in [-0.2, 0) is 0 Å². The number of aliphatic hydroxyl groups excluding tert-OH is 1. The number of carbonyl (C=O) groups excluding carboxylic acids is 1. The van der Waals surface area contributed by atoms with E-state index in [1.807, 2.05) is 0 Å². The Labute approximate surface area is 136 Å². The number of rotatable bonds is 6. The lowest BCUT2D eigenvalue weighted by molar-refractivity contribution is -0.153. The molecule has 2 N–H and O–H groups in total. The number of fused-ring (bicyclic) bond motifs is 1. The van der Waals surface area contributed by atoms with Gasteiger partial charge in [-0.25, -0.2) is 4.98 Å². The zero-order valence-electron chi connectivity index (χ0n) is 12.9. The normalized spacial score (nSPS) is 12.9. The first kappa shape index (κ1) is 18.0. The van der Waals surface area contributed by atoms with Crippen molar-refractivity contribution in [1.29, 1.82) is 0 Å². The number of hydrogen-bond donors (Lipinski definition) is 2. The van der Waals surface area contributed by atoms with Gasteiger partial charge in [-0.05, 0) is 18.1 Å². The number of ether oxygens (including phenoxy) is 1. The summed E-state index contributed by atoms with van der Waals surface area (Å²) in [7, 11) is 0. The monoisotopic (exact) mass is 342 g/mol. The van der Waals surface area contributed by atoms with Crippen LogP contribution in [0.1, 0.15) is 17.4 Å². The molecule has 130 valence electrons. The van der Waals surface area contributed by atoms with Gasteiger partial charge in [0.1, 0.15) is 11.4 Å². The van der Waals surface area contributed by atoms with Crippen molar-refractivity contribution in [3.63, 3.8) is 0 Å². The number of carbonyl (C=O) groups is 1. The molecule has 0 saturated carbocycles. The second kappa shape index (κ2) is 7.48. The molecule has 0 bridgehead atoms. The summed E-state index contributed by atoms with van der Waals surface area (Å²) in [6.45, 7) is 0.420. The third-order valence-corrected chi connectivity index (χ3v) is 3.22. The van der Waals surface area contributed by atoms with Crippen LogP contribution in [0.5, 0.6) is 5.75 Å². The van der Waals surface area contributed by atoms with Gasteiger partial charge >= 0.3 is 6.18 Å². The third kappa shape index (κ3) is 4.82. The van der Waals surface area contributed by atoms with E-state index in [1.54, 1.807) is 31.2 Å². The number of pyridine rings is 1. The molecule has 0 aliphatic carbocycles. The first-order valence-electron chi connectivity index (χ1n) is 7.28. The van der Waals surface area contributed by atoms with Crippen molar-refractivity contribution in [1.82, 2.24) is 10.3 Å². The van der Waals surface area contributed by atoms with Crippen LogP contribution in [0.4, 0.5) is 13.2 Å². The van der Waals surface area contributed by atoms with E-state index in [9.17, 15) is 18.0 Å². The third-order valence-electron chi connectivity index (χ3n) is 3.22. The van der Waals surface area contributed by atoms with Crippen LogP contribution >= 0.6 is 0 Å². The number of amides is 1. The summed E-state index contributed by atoms with van der Waals surface area (Å²) in [5.41, 5.74) is 0.313. The minimum atomic E-state index is -4.48. The van der Waals surface area contributed by atoms with E-state index in [-0.39, 0.29) is 30.5 Å². The van der Waals surface area contributed by atoms with Gasteiger partial charge < -0.3 is 15.2 Å². The molecule has 1 amide bonds. The SMILES string of the molecule is CC(CO)CNC(=O)c1cc(OCC(F)(F)F)c2ccccc2n1. The second-order valence-electron chi connectivity index (χ2n) is 5.42. The Morgan fingerprint density at radius 2 is 2.08 bits per heavy atom. The Morgan fingerprint density at radius 1 is 1.38 bits per heavy atom. The lowest BCUT2D eigenvalue weighted by atomic mass is 10.1. The van der Waals surface area contributed by atoms with Gasteiger partial charge in [0.25, 0.3) is 5.91 Å². The molecule has 1 aromatic heterocycles. The molecule has 0 spiro atoms. The molecule has 0 saturated heterocycles. The molecule has 1 atom stereocenters. The Kier molecular flexibility index (Phi) is 5.61. The standard InChI is InChI=1S/C16H17F3N2O3/c1-10(8-22)7-20-15(23)13-6-14(24-9-16(17,18)19)11-4-2-3-5-12(11)21-13/h2-6,10,22H,7-9H2,1H3,(H,20,23). The average Bonchev–Trinajstić information content (AvgIpc) is 2.56. The zero-order valence-corrected chi connectivity index (χ0v) is 12.9. The quantitative estimate of drug-likeness (QED) is 0.846. The molecular weight excluding hydrogens is 325 g/mol. The number of alkyl halides is 3. The molecule has 2 rings (SSSR count). The highest BCUT2D eigenvalue weighted by molar-refractivity contribution is 5.97. The molecule has 8 heteroatoms. The molecular formula is C16H17F3N2O3. The maximum Gasteiger partial charge on any atom is 0.422 e. The number of benzene rings is 1. The molecule has 1 unspecified atom stereocenters. The number of halogens is 3. The number of para-hydroxylation sites is 1. The minimum absolute atomic E-state index is 0.0454. The molecule has 1 heterocycles. The second-order valence-corrected chi connectivity index (χ2v) is 5.42. The van der Waals surface area contributed by atoms with Crippen LogP contribution in [0.15, 0.2) is 30.3 Å². The van der Waals surface area contributed by atoms with Gasteiger partial charge in [-0.2, -0.15) is 13.2 Å². The Hall–Kier alpha value is -2.35. The lowest BCUT2D eigenvalue weighted by Gasteiger charge is -2.13. The van der Waals surface area contributed by atoms with Crippen LogP contribution < -0.4 is 10.1 Å². The maximum atomic E-state index is 12.4. The van der Waals surface area contributed by atoms with Gasteiger partial charge in [0.05, 0.1) is 5.52 Å². The fraction of sp³-hybridized carbons (Fsp3) is 0.375. The van der Waals surface area contributed by atoms with Gasteiger partial charge in [0.15, 0.2) is 6.61 Å². The average molecular weight is 342 g/mol. The van der Waals surface area contributed by atoms with Gasteiger partial charge in [0, 0.05) is 24.6 Å². The van der Waals surface area contributed by atoms with Crippen molar-refractivity contribution in [2.75, 3.05) is 19.8 Å². The van der Waals surface area contributed by atoms with Crippen LogP contribution in [0, 0.1) is 5.92 Å². The summed E-state index contributed by atoms with van der Waals surface area (Å²) >= 11 is 0. The number of nitrogens with one attached hydrogen (secondary N) is 1.